The number of hydrogen-bond donors (Lipinski definition) is 2. The number of thiophene rings is 1. The van der Waals surface area contributed by atoms with Crippen LogP contribution in [-0.4, -0.2) is 23.3 Å². The van der Waals surface area contributed by atoms with Crippen LogP contribution in [0.5, 0.6) is 0 Å². The first kappa shape index (κ1) is 18.0. The van der Waals surface area contributed by atoms with E-state index in [1.165, 1.54) is 11.3 Å². The van der Waals surface area contributed by atoms with Crippen LogP contribution < -0.4 is 10.6 Å². The third kappa shape index (κ3) is 4.44. The highest BCUT2D eigenvalue weighted by atomic mass is 32.1. The molecule has 2 heterocycles. The van der Waals surface area contributed by atoms with Crippen LogP contribution in [0.15, 0.2) is 59.8 Å². The summed E-state index contributed by atoms with van der Waals surface area (Å²) in [5.41, 5.74) is 1.61. The molecule has 2 aromatic heterocycles. The van der Waals surface area contributed by atoms with Crippen LogP contribution in [0.25, 0.3) is 9.88 Å². The van der Waals surface area contributed by atoms with E-state index in [1.807, 2.05) is 22.9 Å². The van der Waals surface area contributed by atoms with Gasteiger partial charge in [-0.3, -0.25) is 9.59 Å². The number of anilines is 1. The predicted molar refractivity (Wildman–Crippen MR) is 107 cm³/mol. The van der Waals surface area contributed by atoms with Crippen molar-refractivity contribution in [2.24, 2.45) is 0 Å². The zero-order chi connectivity index (χ0) is 18.4. The topological polar surface area (TPSA) is 71.1 Å². The maximum absolute atomic E-state index is 12.4. The van der Waals surface area contributed by atoms with Crippen LogP contribution in [0.2, 0.25) is 0 Å². The molecule has 0 aliphatic rings. The van der Waals surface area contributed by atoms with Gasteiger partial charge in [0.05, 0.1) is 28.2 Å². The maximum atomic E-state index is 12.4. The molecule has 132 valence electrons. The average Bonchev–Trinajstić information content (AvgIpc) is 3.31. The van der Waals surface area contributed by atoms with E-state index in [9.17, 15) is 9.59 Å². The number of benzene rings is 1. The predicted octanol–water partition coefficient (Wildman–Crippen LogP) is 3.97. The number of hydrogen-bond acceptors (Lipinski definition) is 5. The molecule has 2 amide bonds. The van der Waals surface area contributed by atoms with Gasteiger partial charge in [-0.1, -0.05) is 24.3 Å². The lowest BCUT2D eigenvalue weighted by atomic mass is 10.1. The van der Waals surface area contributed by atoms with Gasteiger partial charge in [0.25, 0.3) is 5.91 Å². The van der Waals surface area contributed by atoms with E-state index in [0.29, 0.717) is 23.5 Å². The van der Waals surface area contributed by atoms with Crippen LogP contribution in [0.3, 0.4) is 0 Å². The normalized spacial score (nSPS) is 10.3. The van der Waals surface area contributed by atoms with Gasteiger partial charge in [0.15, 0.2) is 0 Å². The van der Waals surface area contributed by atoms with E-state index in [0.717, 1.165) is 9.88 Å². The van der Waals surface area contributed by atoms with Gasteiger partial charge >= 0.3 is 0 Å². The first-order valence-electron chi connectivity index (χ1n) is 7.93. The molecule has 0 saturated carbocycles. The van der Waals surface area contributed by atoms with E-state index in [4.69, 9.17) is 0 Å². The smallest absolute Gasteiger partial charge is 0.253 e. The Morgan fingerprint density at radius 1 is 1.15 bits per heavy atom. The summed E-state index contributed by atoms with van der Waals surface area (Å²) >= 11 is 3.14. The van der Waals surface area contributed by atoms with Gasteiger partial charge in [0, 0.05) is 11.9 Å². The lowest BCUT2D eigenvalue weighted by Gasteiger charge is -2.10. The molecule has 0 saturated heterocycles. The lowest BCUT2D eigenvalue weighted by molar-refractivity contribution is -0.115. The van der Waals surface area contributed by atoms with Gasteiger partial charge < -0.3 is 10.6 Å². The van der Waals surface area contributed by atoms with Crippen LogP contribution >= 0.6 is 22.7 Å². The highest BCUT2D eigenvalue weighted by molar-refractivity contribution is 7.20. The van der Waals surface area contributed by atoms with Crippen LogP contribution in [0.4, 0.5) is 5.69 Å². The van der Waals surface area contributed by atoms with Crippen LogP contribution in [0.1, 0.15) is 16.1 Å². The van der Waals surface area contributed by atoms with Crippen molar-refractivity contribution in [2.45, 2.75) is 6.42 Å². The highest BCUT2D eigenvalue weighted by Crippen LogP contribution is 2.28. The number of nitrogens with zero attached hydrogens (tertiary/aromatic N) is 1. The quantitative estimate of drug-likeness (QED) is 0.607. The van der Waals surface area contributed by atoms with Crippen molar-refractivity contribution in [1.29, 1.82) is 0 Å². The van der Waals surface area contributed by atoms with Crippen molar-refractivity contribution in [3.8, 4) is 9.88 Å². The Hall–Kier alpha value is -2.77. The summed E-state index contributed by atoms with van der Waals surface area (Å²) in [6.45, 7) is 3.94. The molecule has 7 heteroatoms. The van der Waals surface area contributed by atoms with E-state index < -0.39 is 0 Å². The molecular formula is C19H17N3O2S2. The fourth-order valence-corrected chi connectivity index (χ4v) is 3.94. The summed E-state index contributed by atoms with van der Waals surface area (Å²) < 4.78 is 0. The molecule has 0 radical (unpaired) electrons. The highest BCUT2D eigenvalue weighted by Gasteiger charge is 2.14. The van der Waals surface area contributed by atoms with Gasteiger partial charge in [-0.05, 0) is 23.6 Å². The van der Waals surface area contributed by atoms with Crippen LogP contribution in [0, 0.1) is 0 Å². The number of nitrogens with one attached hydrogen (secondary N) is 2. The molecule has 3 aromatic rings. The van der Waals surface area contributed by atoms with Crippen molar-refractivity contribution in [1.82, 2.24) is 10.3 Å². The Bertz CT molecular complexity index is 917. The molecule has 5 nitrogen and oxygen atoms in total. The zero-order valence-electron chi connectivity index (χ0n) is 13.9. The molecule has 3 rings (SSSR count). The fraction of sp³-hybridized carbons (Fsp3) is 0.105. The number of para-hydroxylation sites is 1. The SMILES string of the molecule is C=CCNC(=O)c1ccccc1NC(=O)Cc1csc(-c2cccs2)n1. The number of carbonyl (C=O) groups excluding carboxylic acids is 2. The molecule has 0 unspecified atom stereocenters. The molecule has 26 heavy (non-hydrogen) atoms. The first-order valence-corrected chi connectivity index (χ1v) is 9.69. The zero-order valence-corrected chi connectivity index (χ0v) is 15.5. The molecule has 0 aliphatic heterocycles. The molecule has 0 aliphatic carbocycles. The first-order chi connectivity index (χ1) is 12.7. The molecule has 0 spiro atoms. The van der Waals surface area contributed by atoms with Gasteiger partial charge in [-0.2, -0.15) is 0 Å². The average molecular weight is 383 g/mol. The third-order valence-electron chi connectivity index (χ3n) is 3.48. The molecule has 1 aromatic carbocycles. The second-order valence-corrected chi connectivity index (χ2v) is 7.20. The Morgan fingerprint density at radius 3 is 2.77 bits per heavy atom. The summed E-state index contributed by atoms with van der Waals surface area (Å²) in [4.78, 5) is 30.2. The summed E-state index contributed by atoms with van der Waals surface area (Å²) in [6, 6.07) is 10.9. The minimum Gasteiger partial charge on any atom is -0.349 e. The second-order valence-electron chi connectivity index (χ2n) is 5.39. The Morgan fingerprint density at radius 2 is 2.00 bits per heavy atom. The Kier molecular flexibility index (Phi) is 5.93. The van der Waals surface area contributed by atoms with E-state index in [1.54, 1.807) is 41.7 Å². The summed E-state index contributed by atoms with van der Waals surface area (Å²) in [5, 5.41) is 10.3. The van der Waals surface area contributed by atoms with Crippen molar-refractivity contribution in [3.05, 3.63) is 71.1 Å². The Labute approximate surface area is 159 Å². The van der Waals surface area contributed by atoms with Crippen LogP contribution in [-0.2, 0) is 11.2 Å². The Balaban J connectivity index is 1.67. The summed E-state index contributed by atoms with van der Waals surface area (Å²) in [7, 11) is 0. The molecule has 0 fully saturated rings. The minimum atomic E-state index is -0.255. The van der Waals surface area contributed by atoms with E-state index in [2.05, 4.69) is 22.2 Å². The van der Waals surface area contributed by atoms with E-state index in [-0.39, 0.29) is 18.2 Å². The molecule has 0 bridgehead atoms. The number of carbonyl (C=O) groups is 2. The monoisotopic (exact) mass is 383 g/mol. The largest absolute Gasteiger partial charge is 0.349 e. The molecular weight excluding hydrogens is 366 g/mol. The van der Waals surface area contributed by atoms with Gasteiger partial charge in [0.1, 0.15) is 5.01 Å². The fourth-order valence-electron chi connectivity index (χ4n) is 2.31. The van der Waals surface area contributed by atoms with Gasteiger partial charge in [0.2, 0.25) is 5.91 Å². The van der Waals surface area contributed by atoms with E-state index >= 15 is 0 Å². The molecule has 0 atom stereocenters. The van der Waals surface area contributed by atoms with Gasteiger partial charge in [-0.25, -0.2) is 4.98 Å². The van der Waals surface area contributed by atoms with Crippen molar-refractivity contribution < 1.29 is 9.59 Å². The number of amides is 2. The summed E-state index contributed by atoms with van der Waals surface area (Å²) in [5.74, 6) is -0.466. The van der Waals surface area contributed by atoms with Crippen molar-refractivity contribution in [2.75, 3.05) is 11.9 Å². The third-order valence-corrected chi connectivity index (χ3v) is 5.41. The lowest BCUT2D eigenvalue weighted by Crippen LogP contribution is -2.25. The minimum absolute atomic E-state index is 0.157. The van der Waals surface area contributed by atoms with Gasteiger partial charge in [-0.15, -0.1) is 29.3 Å². The van der Waals surface area contributed by atoms with Crippen molar-refractivity contribution >= 4 is 40.2 Å². The number of aromatic nitrogens is 1. The maximum Gasteiger partial charge on any atom is 0.253 e. The molecule has 2 N–H and O–H groups in total. The number of thiazole rings is 1. The second kappa shape index (κ2) is 8.55. The summed E-state index contributed by atoms with van der Waals surface area (Å²) in [6.07, 6.45) is 1.76. The van der Waals surface area contributed by atoms with Crippen molar-refractivity contribution in [3.63, 3.8) is 0 Å². The standard InChI is InChI=1S/C19H17N3O2S2/c1-2-9-20-18(24)14-6-3-4-7-15(14)22-17(23)11-13-12-26-19(21-13)16-8-5-10-25-16/h2-8,10,12H,1,9,11H2,(H,20,24)(H,22,23). The number of rotatable bonds is 7.